The van der Waals surface area contributed by atoms with Gasteiger partial charge in [-0.1, -0.05) is 25.3 Å². The molecule has 1 heterocycles. The highest BCUT2D eigenvalue weighted by Gasteiger charge is 2.26. The smallest absolute Gasteiger partial charge is 0.334 e. The van der Waals surface area contributed by atoms with Crippen LogP contribution in [0.3, 0.4) is 0 Å². The Bertz CT molecular complexity index is 249. The summed E-state index contributed by atoms with van der Waals surface area (Å²) in [7, 11) is 0. The van der Waals surface area contributed by atoms with Crippen LogP contribution in [-0.2, 0) is 9.53 Å². The van der Waals surface area contributed by atoms with Crippen LogP contribution >= 0.6 is 0 Å². The monoisotopic (exact) mass is 194 g/mol. The Balaban J connectivity index is 1.98. The Hall–Kier alpha value is -0.790. The summed E-state index contributed by atoms with van der Waals surface area (Å²) in [6.07, 6.45) is 9.59. The molecule has 0 aromatic carbocycles. The van der Waals surface area contributed by atoms with Crippen molar-refractivity contribution in [1.82, 2.24) is 0 Å². The van der Waals surface area contributed by atoms with Crippen molar-refractivity contribution in [2.24, 2.45) is 5.92 Å². The summed E-state index contributed by atoms with van der Waals surface area (Å²) in [4.78, 5) is 11.4. The second kappa shape index (κ2) is 4.16. The van der Waals surface area contributed by atoms with E-state index in [4.69, 9.17) is 4.74 Å². The summed E-state index contributed by atoms with van der Waals surface area (Å²) in [5.41, 5.74) is 0.921. The summed E-state index contributed by atoms with van der Waals surface area (Å²) in [5, 5.41) is 0. The van der Waals surface area contributed by atoms with E-state index in [-0.39, 0.29) is 12.1 Å². The Kier molecular flexibility index (Phi) is 2.90. The van der Waals surface area contributed by atoms with Crippen LogP contribution in [0.25, 0.3) is 0 Å². The first-order valence-corrected chi connectivity index (χ1v) is 5.67. The highest BCUT2D eigenvalue weighted by atomic mass is 16.5. The van der Waals surface area contributed by atoms with E-state index in [0.717, 1.165) is 12.0 Å². The second-order valence-corrected chi connectivity index (χ2v) is 4.51. The number of esters is 1. The lowest BCUT2D eigenvalue weighted by Crippen LogP contribution is -2.05. The molecule has 14 heavy (non-hydrogen) atoms. The highest BCUT2D eigenvalue weighted by Crippen LogP contribution is 2.29. The van der Waals surface area contributed by atoms with E-state index in [1.807, 2.05) is 6.92 Å². The topological polar surface area (TPSA) is 26.3 Å². The van der Waals surface area contributed by atoms with Crippen LogP contribution in [0.2, 0.25) is 0 Å². The van der Waals surface area contributed by atoms with Gasteiger partial charge in [-0.2, -0.15) is 0 Å². The molecule has 0 bridgehead atoms. The van der Waals surface area contributed by atoms with Gasteiger partial charge in [0.2, 0.25) is 0 Å². The number of hydrogen-bond acceptors (Lipinski definition) is 2. The van der Waals surface area contributed by atoms with Gasteiger partial charge in [0.15, 0.2) is 0 Å². The zero-order valence-electron chi connectivity index (χ0n) is 8.79. The first-order valence-electron chi connectivity index (χ1n) is 5.67. The Morgan fingerprint density at radius 3 is 2.57 bits per heavy atom. The van der Waals surface area contributed by atoms with Gasteiger partial charge in [0.1, 0.15) is 6.10 Å². The molecule has 0 aromatic heterocycles. The minimum atomic E-state index is -0.0805. The molecule has 1 aliphatic carbocycles. The van der Waals surface area contributed by atoms with Gasteiger partial charge in [0.25, 0.3) is 0 Å². The van der Waals surface area contributed by atoms with Crippen molar-refractivity contribution in [2.75, 3.05) is 0 Å². The van der Waals surface area contributed by atoms with Crippen molar-refractivity contribution >= 4 is 5.97 Å². The van der Waals surface area contributed by atoms with Crippen molar-refractivity contribution in [2.45, 2.75) is 51.6 Å². The Labute approximate surface area is 85.3 Å². The highest BCUT2D eigenvalue weighted by molar-refractivity contribution is 5.90. The molecule has 1 aliphatic heterocycles. The quantitative estimate of drug-likeness (QED) is 0.474. The average molecular weight is 194 g/mol. The fourth-order valence-corrected chi connectivity index (χ4v) is 2.41. The van der Waals surface area contributed by atoms with E-state index >= 15 is 0 Å². The zero-order valence-corrected chi connectivity index (χ0v) is 8.79. The van der Waals surface area contributed by atoms with Gasteiger partial charge >= 0.3 is 5.97 Å². The number of carbonyl (C=O) groups excluding carboxylic acids is 1. The summed E-state index contributed by atoms with van der Waals surface area (Å²) in [5.74, 6) is 0.555. The molecule has 2 rings (SSSR count). The first-order chi connectivity index (χ1) is 6.75. The standard InChI is InChI=1S/C12H18O2/c1-9-7-11(12(13)14-9)8-10-5-3-2-4-6-10/h8-10H,2-7H2,1H3/b11-8-/t9-/m1/s1. The van der Waals surface area contributed by atoms with Crippen LogP contribution in [0.4, 0.5) is 0 Å². The summed E-state index contributed by atoms with van der Waals surface area (Å²) < 4.78 is 5.11. The number of rotatable bonds is 1. The van der Waals surface area contributed by atoms with E-state index in [0.29, 0.717) is 5.92 Å². The molecule has 1 atom stereocenters. The molecule has 2 fully saturated rings. The normalized spacial score (nSPS) is 32.2. The lowest BCUT2D eigenvalue weighted by atomic mass is 9.87. The van der Waals surface area contributed by atoms with Crippen molar-refractivity contribution in [3.63, 3.8) is 0 Å². The van der Waals surface area contributed by atoms with E-state index in [1.165, 1.54) is 32.1 Å². The summed E-state index contributed by atoms with van der Waals surface area (Å²) in [6, 6.07) is 0. The lowest BCUT2D eigenvalue weighted by molar-refractivity contribution is -0.138. The van der Waals surface area contributed by atoms with Gasteiger partial charge in [0, 0.05) is 12.0 Å². The van der Waals surface area contributed by atoms with Crippen LogP contribution in [0, 0.1) is 5.92 Å². The van der Waals surface area contributed by atoms with E-state index < -0.39 is 0 Å². The number of ether oxygens (including phenoxy) is 1. The molecule has 0 aromatic rings. The predicted molar refractivity (Wildman–Crippen MR) is 54.8 cm³/mol. The van der Waals surface area contributed by atoms with Crippen LogP contribution < -0.4 is 0 Å². The van der Waals surface area contributed by atoms with Gasteiger partial charge in [-0.15, -0.1) is 0 Å². The minimum Gasteiger partial charge on any atom is -0.459 e. The van der Waals surface area contributed by atoms with Gasteiger partial charge < -0.3 is 4.74 Å². The number of allylic oxidation sites excluding steroid dienone is 1. The van der Waals surface area contributed by atoms with Crippen molar-refractivity contribution < 1.29 is 9.53 Å². The molecule has 1 saturated heterocycles. The van der Waals surface area contributed by atoms with Crippen molar-refractivity contribution in [3.05, 3.63) is 11.6 Å². The van der Waals surface area contributed by atoms with E-state index in [1.54, 1.807) is 0 Å². The molecule has 0 unspecified atom stereocenters. The molecular weight excluding hydrogens is 176 g/mol. The molecule has 0 radical (unpaired) electrons. The molecule has 0 spiro atoms. The Morgan fingerprint density at radius 1 is 1.29 bits per heavy atom. The third-order valence-corrected chi connectivity index (χ3v) is 3.16. The van der Waals surface area contributed by atoms with E-state index in [2.05, 4.69) is 6.08 Å². The van der Waals surface area contributed by atoms with Crippen LogP contribution in [0.1, 0.15) is 45.4 Å². The summed E-state index contributed by atoms with van der Waals surface area (Å²) >= 11 is 0. The Morgan fingerprint density at radius 2 is 2.00 bits per heavy atom. The second-order valence-electron chi connectivity index (χ2n) is 4.51. The number of cyclic esters (lactones) is 1. The maximum absolute atomic E-state index is 11.4. The van der Waals surface area contributed by atoms with Crippen molar-refractivity contribution in [3.8, 4) is 0 Å². The molecular formula is C12H18O2. The molecule has 1 saturated carbocycles. The third kappa shape index (κ3) is 2.17. The van der Waals surface area contributed by atoms with E-state index in [9.17, 15) is 4.79 Å². The SMILES string of the molecule is C[C@@H]1C/C(=C/C2CCCCC2)C(=O)O1. The predicted octanol–water partition coefficient (Wildman–Crippen LogP) is 2.83. The molecule has 2 nitrogen and oxygen atoms in total. The zero-order chi connectivity index (χ0) is 9.97. The van der Waals surface area contributed by atoms with Gasteiger partial charge in [-0.25, -0.2) is 4.79 Å². The summed E-state index contributed by atoms with van der Waals surface area (Å²) in [6.45, 7) is 1.96. The lowest BCUT2D eigenvalue weighted by Gasteiger charge is -2.18. The average Bonchev–Trinajstić information content (AvgIpc) is 2.47. The molecule has 78 valence electrons. The van der Waals surface area contributed by atoms with Crippen molar-refractivity contribution in [1.29, 1.82) is 0 Å². The molecule has 2 aliphatic rings. The molecule has 0 N–H and O–H groups in total. The van der Waals surface area contributed by atoms with Crippen LogP contribution in [0.5, 0.6) is 0 Å². The van der Waals surface area contributed by atoms with Gasteiger partial charge in [-0.05, 0) is 25.7 Å². The van der Waals surface area contributed by atoms with Gasteiger partial charge in [-0.3, -0.25) is 0 Å². The van der Waals surface area contributed by atoms with Crippen LogP contribution in [-0.4, -0.2) is 12.1 Å². The fourth-order valence-electron chi connectivity index (χ4n) is 2.41. The van der Waals surface area contributed by atoms with Gasteiger partial charge in [0.05, 0.1) is 0 Å². The minimum absolute atomic E-state index is 0.0805. The molecule has 0 amide bonds. The number of hydrogen-bond donors (Lipinski definition) is 0. The number of carbonyl (C=O) groups is 1. The maximum Gasteiger partial charge on any atom is 0.334 e. The maximum atomic E-state index is 11.4. The third-order valence-electron chi connectivity index (χ3n) is 3.16. The largest absolute Gasteiger partial charge is 0.459 e. The van der Waals surface area contributed by atoms with Crippen LogP contribution in [0.15, 0.2) is 11.6 Å². The first kappa shape index (κ1) is 9.75. The fraction of sp³-hybridized carbons (Fsp3) is 0.750. The molecule has 2 heteroatoms.